The number of halogens is 1. The Morgan fingerprint density at radius 1 is 0.533 bits per heavy atom. The smallest absolute Gasteiger partial charge is 0.0547 e. The molecule has 0 aliphatic heterocycles. The fraction of sp³-hybridized carbons (Fsp3) is 0. The van der Waals surface area contributed by atoms with Crippen LogP contribution < -0.4 is 0 Å². The number of rotatable bonds is 2. The van der Waals surface area contributed by atoms with E-state index in [-0.39, 0.29) is 0 Å². The van der Waals surface area contributed by atoms with Crippen LogP contribution in [0.25, 0.3) is 49.4 Å². The summed E-state index contributed by atoms with van der Waals surface area (Å²) < 4.78 is 3.52. The number of hydrogen-bond acceptors (Lipinski definition) is 0. The number of hydrogen-bond donors (Lipinski definition) is 0. The lowest BCUT2D eigenvalue weighted by Crippen LogP contribution is -1.95. The van der Waals surface area contributed by atoms with E-state index in [9.17, 15) is 0 Å². The summed E-state index contributed by atoms with van der Waals surface area (Å²) in [5, 5.41) is 5.06. The van der Waals surface area contributed by atoms with Gasteiger partial charge in [0.25, 0.3) is 0 Å². The zero-order valence-electron chi connectivity index (χ0n) is 16.2. The minimum Gasteiger partial charge on any atom is -0.309 e. The van der Waals surface area contributed by atoms with Gasteiger partial charge in [-0.1, -0.05) is 101 Å². The van der Waals surface area contributed by atoms with Gasteiger partial charge < -0.3 is 4.57 Å². The molecule has 0 fully saturated rings. The Labute approximate surface area is 183 Å². The lowest BCUT2D eigenvalue weighted by atomic mass is 10.0. The molecule has 1 nitrogen and oxygen atoms in total. The fourth-order valence-corrected chi connectivity index (χ4v) is 5.01. The maximum absolute atomic E-state index is 3.72. The van der Waals surface area contributed by atoms with E-state index in [1.807, 2.05) is 0 Å². The monoisotopic (exact) mass is 447 g/mol. The van der Waals surface area contributed by atoms with Gasteiger partial charge in [0.1, 0.15) is 0 Å². The van der Waals surface area contributed by atoms with E-state index >= 15 is 0 Å². The van der Waals surface area contributed by atoms with Gasteiger partial charge >= 0.3 is 0 Å². The standard InChI is InChI=1S/C28H18BrN/c29-25-13-5-3-10-21(25)20-16-17-24-23-12-4-6-14-27(23)30(28(24)18-20)26-15-7-9-19-8-1-2-11-22(19)26/h1-18H. The van der Waals surface area contributed by atoms with Crippen LogP contribution in [-0.2, 0) is 0 Å². The van der Waals surface area contributed by atoms with E-state index < -0.39 is 0 Å². The largest absolute Gasteiger partial charge is 0.309 e. The highest BCUT2D eigenvalue weighted by molar-refractivity contribution is 9.10. The summed E-state index contributed by atoms with van der Waals surface area (Å²) in [7, 11) is 0. The molecule has 0 bridgehead atoms. The van der Waals surface area contributed by atoms with E-state index in [4.69, 9.17) is 0 Å². The fourth-order valence-electron chi connectivity index (χ4n) is 4.50. The Hall–Kier alpha value is -3.36. The molecule has 6 rings (SSSR count). The predicted molar refractivity (Wildman–Crippen MR) is 131 cm³/mol. The van der Waals surface area contributed by atoms with E-state index in [0.29, 0.717) is 0 Å². The Balaban J connectivity index is 1.75. The van der Waals surface area contributed by atoms with Crippen molar-refractivity contribution < 1.29 is 0 Å². The maximum Gasteiger partial charge on any atom is 0.0547 e. The number of fused-ring (bicyclic) bond motifs is 4. The van der Waals surface area contributed by atoms with Gasteiger partial charge in [-0.25, -0.2) is 0 Å². The van der Waals surface area contributed by atoms with Crippen LogP contribution in [-0.4, -0.2) is 4.57 Å². The van der Waals surface area contributed by atoms with Gasteiger partial charge in [0.05, 0.1) is 16.7 Å². The predicted octanol–water partition coefficient (Wildman–Crippen LogP) is 8.37. The second kappa shape index (κ2) is 6.86. The number of aromatic nitrogens is 1. The van der Waals surface area contributed by atoms with Crippen molar-refractivity contribution in [2.24, 2.45) is 0 Å². The first-order chi connectivity index (χ1) is 14.8. The van der Waals surface area contributed by atoms with Crippen LogP contribution in [0.3, 0.4) is 0 Å². The molecule has 0 radical (unpaired) electrons. The Kier molecular flexibility index (Phi) is 4.00. The minimum absolute atomic E-state index is 1.11. The number of benzene rings is 5. The maximum atomic E-state index is 3.72. The van der Waals surface area contributed by atoms with E-state index in [1.54, 1.807) is 0 Å². The number of nitrogens with zero attached hydrogens (tertiary/aromatic N) is 1. The molecule has 2 heteroatoms. The van der Waals surface area contributed by atoms with Crippen molar-refractivity contribution in [1.82, 2.24) is 4.57 Å². The first-order valence-electron chi connectivity index (χ1n) is 10.1. The summed E-state index contributed by atoms with van der Waals surface area (Å²) in [6.45, 7) is 0. The SMILES string of the molecule is Brc1ccccc1-c1ccc2c3ccccc3n(-c3cccc4ccccc34)c2c1. The van der Waals surface area contributed by atoms with Crippen molar-refractivity contribution in [3.8, 4) is 16.8 Å². The normalized spacial score (nSPS) is 11.5. The molecule has 1 heterocycles. The second-order valence-corrected chi connectivity index (χ2v) is 8.42. The second-order valence-electron chi connectivity index (χ2n) is 7.56. The van der Waals surface area contributed by atoms with Gasteiger partial charge in [0.15, 0.2) is 0 Å². The van der Waals surface area contributed by atoms with Crippen LogP contribution in [0.15, 0.2) is 114 Å². The molecule has 0 saturated heterocycles. The van der Waals surface area contributed by atoms with Crippen LogP contribution in [0.2, 0.25) is 0 Å². The Morgan fingerprint density at radius 3 is 2.13 bits per heavy atom. The van der Waals surface area contributed by atoms with Crippen molar-refractivity contribution >= 4 is 48.5 Å². The summed E-state index contributed by atoms with van der Waals surface area (Å²) >= 11 is 3.72. The highest BCUT2D eigenvalue weighted by atomic mass is 79.9. The van der Waals surface area contributed by atoms with Crippen LogP contribution in [0, 0.1) is 0 Å². The van der Waals surface area contributed by atoms with Gasteiger partial charge in [0.2, 0.25) is 0 Å². The minimum atomic E-state index is 1.11. The van der Waals surface area contributed by atoms with E-state index in [1.165, 1.54) is 49.4 Å². The number of para-hydroxylation sites is 1. The summed E-state index contributed by atoms with van der Waals surface area (Å²) in [4.78, 5) is 0. The van der Waals surface area contributed by atoms with Gasteiger partial charge in [0, 0.05) is 20.6 Å². The molecule has 0 N–H and O–H groups in total. The summed E-state index contributed by atoms with van der Waals surface area (Å²) in [6, 6.07) is 39.0. The topological polar surface area (TPSA) is 4.93 Å². The lowest BCUT2D eigenvalue weighted by Gasteiger charge is -2.12. The van der Waals surface area contributed by atoms with Crippen molar-refractivity contribution in [1.29, 1.82) is 0 Å². The molecule has 5 aromatic carbocycles. The van der Waals surface area contributed by atoms with Crippen molar-refractivity contribution in [3.63, 3.8) is 0 Å². The van der Waals surface area contributed by atoms with Gasteiger partial charge in [-0.15, -0.1) is 0 Å². The molecule has 0 atom stereocenters. The first-order valence-corrected chi connectivity index (χ1v) is 10.9. The summed E-state index contributed by atoms with van der Waals surface area (Å²) in [6.07, 6.45) is 0. The third kappa shape index (κ3) is 2.61. The average molecular weight is 448 g/mol. The van der Waals surface area contributed by atoms with Crippen LogP contribution >= 0.6 is 15.9 Å². The molecule has 0 aliphatic rings. The van der Waals surface area contributed by atoms with E-state index in [0.717, 1.165) is 4.47 Å². The first kappa shape index (κ1) is 17.5. The molecule has 0 saturated carbocycles. The lowest BCUT2D eigenvalue weighted by molar-refractivity contribution is 1.20. The Bertz CT molecular complexity index is 1550. The van der Waals surface area contributed by atoms with Crippen LogP contribution in [0.5, 0.6) is 0 Å². The van der Waals surface area contributed by atoms with Crippen LogP contribution in [0.4, 0.5) is 0 Å². The summed E-state index contributed by atoms with van der Waals surface area (Å²) in [5.74, 6) is 0. The van der Waals surface area contributed by atoms with Crippen molar-refractivity contribution in [3.05, 3.63) is 114 Å². The van der Waals surface area contributed by atoms with Gasteiger partial charge in [-0.3, -0.25) is 0 Å². The molecule has 0 unspecified atom stereocenters. The highest BCUT2D eigenvalue weighted by Gasteiger charge is 2.15. The zero-order chi connectivity index (χ0) is 20.1. The molecule has 6 aromatic rings. The third-order valence-corrected chi connectivity index (χ3v) is 6.56. The molecule has 0 amide bonds. The third-order valence-electron chi connectivity index (χ3n) is 5.87. The average Bonchev–Trinajstić information content (AvgIpc) is 3.12. The molecule has 0 spiro atoms. The summed E-state index contributed by atoms with van der Waals surface area (Å²) in [5.41, 5.74) is 6.07. The zero-order valence-corrected chi connectivity index (χ0v) is 17.8. The molecular weight excluding hydrogens is 430 g/mol. The van der Waals surface area contributed by atoms with Crippen LogP contribution in [0.1, 0.15) is 0 Å². The van der Waals surface area contributed by atoms with Crippen molar-refractivity contribution in [2.45, 2.75) is 0 Å². The molecular formula is C28H18BrN. The molecule has 0 aliphatic carbocycles. The highest BCUT2D eigenvalue weighted by Crippen LogP contribution is 2.37. The molecule has 30 heavy (non-hydrogen) atoms. The van der Waals surface area contributed by atoms with Gasteiger partial charge in [-0.05, 0) is 40.8 Å². The Morgan fingerprint density at radius 2 is 1.23 bits per heavy atom. The quantitative estimate of drug-likeness (QED) is 0.251. The molecule has 142 valence electrons. The van der Waals surface area contributed by atoms with Crippen molar-refractivity contribution in [2.75, 3.05) is 0 Å². The van der Waals surface area contributed by atoms with E-state index in [2.05, 4.69) is 130 Å². The molecule has 1 aromatic heterocycles. The van der Waals surface area contributed by atoms with Gasteiger partial charge in [-0.2, -0.15) is 0 Å².